The lowest BCUT2D eigenvalue weighted by molar-refractivity contribution is -0.133. The van der Waals surface area contributed by atoms with Crippen molar-refractivity contribution in [1.82, 2.24) is 20.7 Å². The molecule has 250 valence electrons. The maximum atomic E-state index is 13.6. The quantitative estimate of drug-likeness (QED) is 0.159. The Hall–Kier alpha value is -3.28. The van der Waals surface area contributed by atoms with Crippen molar-refractivity contribution in [3.63, 3.8) is 0 Å². The van der Waals surface area contributed by atoms with Crippen molar-refractivity contribution in [2.24, 2.45) is 5.92 Å². The van der Waals surface area contributed by atoms with Crippen LogP contribution in [0.3, 0.4) is 0 Å². The predicted octanol–water partition coefficient (Wildman–Crippen LogP) is 4.94. The van der Waals surface area contributed by atoms with Crippen molar-refractivity contribution >= 4 is 47.4 Å². The van der Waals surface area contributed by atoms with Crippen LogP contribution in [0, 0.1) is 5.92 Å². The number of benzene rings is 2. The number of amides is 4. The highest BCUT2D eigenvalue weighted by molar-refractivity contribution is 7.99. The summed E-state index contributed by atoms with van der Waals surface area (Å²) in [5.74, 6) is -1.61. The van der Waals surface area contributed by atoms with Crippen LogP contribution in [0.15, 0.2) is 54.6 Å². The Bertz CT molecular complexity index is 1360. The zero-order valence-electron chi connectivity index (χ0n) is 26.6. The van der Waals surface area contributed by atoms with Crippen LogP contribution < -0.4 is 20.7 Å². The van der Waals surface area contributed by atoms with Crippen molar-refractivity contribution < 1.29 is 29.0 Å². The Morgan fingerprint density at radius 2 is 1.83 bits per heavy atom. The average molecular weight is 673 g/mol. The molecule has 46 heavy (non-hydrogen) atoms. The van der Waals surface area contributed by atoms with Gasteiger partial charge in [-0.2, -0.15) is 0 Å². The molecule has 5 atom stereocenters. The lowest BCUT2D eigenvalue weighted by Crippen LogP contribution is -2.53. The summed E-state index contributed by atoms with van der Waals surface area (Å²) in [7, 11) is 0. The van der Waals surface area contributed by atoms with Crippen molar-refractivity contribution in [2.75, 3.05) is 6.54 Å². The number of rotatable bonds is 16. The van der Waals surface area contributed by atoms with E-state index in [4.69, 9.17) is 16.3 Å². The number of aliphatic hydroxyl groups excluding tert-OH is 1. The number of carbonyl (C=O) groups is 4. The van der Waals surface area contributed by atoms with Gasteiger partial charge in [-0.05, 0) is 67.3 Å². The summed E-state index contributed by atoms with van der Waals surface area (Å²) in [5.41, 5.74) is 1.02. The summed E-state index contributed by atoms with van der Waals surface area (Å²) < 4.78 is 8.75. The minimum atomic E-state index is -1.52. The molecule has 4 amide bonds. The van der Waals surface area contributed by atoms with Crippen molar-refractivity contribution in [3.05, 3.63) is 70.7 Å². The van der Waals surface area contributed by atoms with Crippen LogP contribution in [0.5, 0.6) is 0 Å². The molecule has 5 N–H and O–H groups in total. The summed E-state index contributed by atoms with van der Waals surface area (Å²) in [5, 5.41) is 19.2. The van der Waals surface area contributed by atoms with Crippen molar-refractivity contribution in [3.8, 4) is 0 Å². The van der Waals surface area contributed by atoms with E-state index in [1.165, 1.54) is 0 Å². The number of hydrogen-bond donors (Lipinski definition) is 5. The fraction of sp³-hybridized carbons (Fsp3) is 0.529. The number of nitrogens with one attached hydrogen (secondary N) is 4. The molecule has 0 aromatic heterocycles. The minimum absolute atomic E-state index is 0.0277. The highest BCUT2D eigenvalue weighted by Crippen LogP contribution is 2.40. The number of ether oxygens (including phenoxy) is 1. The number of hydrogen-bond acceptors (Lipinski definition) is 7. The van der Waals surface area contributed by atoms with Gasteiger partial charge in [0.1, 0.15) is 11.4 Å². The molecule has 1 aliphatic carbocycles. The number of carbonyl (C=O) groups excluding carboxylic acids is 4. The van der Waals surface area contributed by atoms with Gasteiger partial charge in [0.05, 0.1) is 6.04 Å². The van der Waals surface area contributed by atoms with Crippen LogP contribution in [0.4, 0.5) is 4.79 Å². The third-order valence-electron chi connectivity index (χ3n) is 8.55. The Morgan fingerprint density at radius 1 is 1.09 bits per heavy atom. The van der Waals surface area contributed by atoms with Gasteiger partial charge in [-0.25, -0.2) is 4.79 Å². The van der Waals surface area contributed by atoms with E-state index < -0.39 is 52.7 Å². The molecule has 2 aromatic rings. The fourth-order valence-corrected chi connectivity index (χ4v) is 6.54. The van der Waals surface area contributed by atoms with E-state index in [0.29, 0.717) is 30.8 Å². The average Bonchev–Trinajstić information content (AvgIpc) is 3.77. The van der Waals surface area contributed by atoms with E-state index in [-0.39, 0.29) is 18.4 Å². The smallest absolute Gasteiger partial charge is 0.417 e. The molecule has 12 heteroatoms. The molecule has 1 heterocycles. The number of unbranched alkanes of at least 4 members (excludes halogenated alkanes) is 1. The lowest BCUT2D eigenvalue weighted by atomic mass is 9.76. The first-order chi connectivity index (χ1) is 22.0. The summed E-state index contributed by atoms with van der Waals surface area (Å²) in [4.78, 5) is 52.0. The Balaban J connectivity index is 1.46. The van der Waals surface area contributed by atoms with E-state index in [2.05, 4.69) is 20.7 Å². The Morgan fingerprint density at radius 3 is 2.46 bits per heavy atom. The number of halogens is 1. The fourth-order valence-electron chi connectivity index (χ4n) is 5.60. The van der Waals surface area contributed by atoms with Crippen LogP contribution in [0.25, 0.3) is 0 Å². The van der Waals surface area contributed by atoms with Gasteiger partial charge in [-0.15, -0.1) is 0 Å². The SMILES string of the molecule is CCCC[C@H](SNC(=O)O[C@@H](c1ccccc1)C(C)(C)c1cccc(Cl)c1)C(=O)N[C@@H](C[C@@H]1CCNC1=O)C(O)C(=O)NC1CC1. The third kappa shape index (κ3) is 9.86. The van der Waals surface area contributed by atoms with Crippen molar-refractivity contribution in [1.29, 1.82) is 0 Å². The van der Waals surface area contributed by atoms with Gasteiger partial charge in [0.15, 0.2) is 6.10 Å². The van der Waals surface area contributed by atoms with Crippen LogP contribution in [-0.2, 0) is 24.5 Å². The first-order valence-corrected chi connectivity index (χ1v) is 17.2. The topological polar surface area (TPSA) is 146 Å². The number of aliphatic hydroxyl groups is 1. The van der Waals surface area contributed by atoms with Gasteiger partial charge in [-0.1, -0.05) is 87.7 Å². The van der Waals surface area contributed by atoms with E-state index in [1.54, 1.807) is 6.07 Å². The molecule has 1 saturated heterocycles. The minimum Gasteiger partial charge on any atom is -0.440 e. The van der Waals surface area contributed by atoms with E-state index in [1.807, 2.05) is 69.3 Å². The molecule has 1 unspecified atom stereocenters. The van der Waals surface area contributed by atoms with Gasteiger partial charge >= 0.3 is 6.09 Å². The molecule has 1 saturated carbocycles. The first kappa shape index (κ1) is 35.6. The van der Waals surface area contributed by atoms with Gasteiger partial charge in [-0.3, -0.25) is 19.1 Å². The standard InChI is InChI=1S/C34H45ClN4O6S/c1-4-5-14-27(31(42)38-26(19-22-17-18-36-30(22)41)28(40)32(43)37-25-15-16-25)46-39-33(44)45-29(21-10-7-6-8-11-21)34(2,3)23-12-9-13-24(35)20-23/h6-13,20,22,25-29,40H,4-5,14-19H2,1-3H3,(H,36,41)(H,37,43)(H,38,42)(H,39,44)/t22-,26-,27-,28?,29-/m0/s1. The first-order valence-electron chi connectivity index (χ1n) is 16.0. The molecule has 1 aliphatic heterocycles. The normalized spacial score (nSPS) is 18.9. The molecule has 2 fully saturated rings. The van der Waals surface area contributed by atoms with E-state index in [0.717, 1.165) is 42.3 Å². The maximum absolute atomic E-state index is 13.6. The highest BCUT2D eigenvalue weighted by atomic mass is 35.5. The van der Waals surface area contributed by atoms with E-state index >= 15 is 0 Å². The summed E-state index contributed by atoms with van der Waals surface area (Å²) >= 11 is 7.23. The molecular formula is C34H45ClN4O6S. The monoisotopic (exact) mass is 672 g/mol. The van der Waals surface area contributed by atoms with Gasteiger partial charge in [0.25, 0.3) is 5.91 Å². The van der Waals surface area contributed by atoms with Crippen LogP contribution in [-0.4, -0.2) is 58.9 Å². The second-order valence-corrected chi connectivity index (χ2v) is 14.1. The Labute approximate surface area is 280 Å². The maximum Gasteiger partial charge on any atom is 0.417 e. The third-order valence-corrected chi connectivity index (χ3v) is 9.80. The van der Waals surface area contributed by atoms with Crippen LogP contribution >= 0.6 is 23.5 Å². The molecule has 2 aromatic carbocycles. The molecule has 0 spiro atoms. The summed E-state index contributed by atoms with van der Waals surface area (Å²) in [6, 6.07) is 15.9. The zero-order chi connectivity index (χ0) is 33.3. The molecule has 4 rings (SSSR count). The van der Waals surface area contributed by atoms with Crippen LogP contribution in [0.2, 0.25) is 5.02 Å². The van der Waals surface area contributed by atoms with Gasteiger partial charge in [0.2, 0.25) is 11.8 Å². The second kappa shape index (κ2) is 16.5. The van der Waals surface area contributed by atoms with Gasteiger partial charge < -0.3 is 25.8 Å². The lowest BCUT2D eigenvalue weighted by Gasteiger charge is -2.35. The zero-order valence-corrected chi connectivity index (χ0v) is 28.2. The molecule has 2 aliphatic rings. The summed E-state index contributed by atoms with van der Waals surface area (Å²) in [6.07, 6.45) is 1.40. The highest BCUT2D eigenvalue weighted by Gasteiger charge is 2.38. The molecule has 0 radical (unpaired) electrons. The molecule has 10 nitrogen and oxygen atoms in total. The van der Waals surface area contributed by atoms with Gasteiger partial charge in [0, 0.05) is 28.9 Å². The largest absolute Gasteiger partial charge is 0.440 e. The van der Waals surface area contributed by atoms with Crippen LogP contribution in [0.1, 0.15) is 82.9 Å². The Kier molecular flexibility index (Phi) is 12.8. The molecular weight excluding hydrogens is 628 g/mol. The van der Waals surface area contributed by atoms with E-state index in [9.17, 15) is 24.3 Å². The molecule has 0 bridgehead atoms. The predicted molar refractivity (Wildman–Crippen MR) is 179 cm³/mol. The van der Waals surface area contributed by atoms with Crippen molar-refractivity contribution in [2.45, 2.75) is 101 Å². The summed E-state index contributed by atoms with van der Waals surface area (Å²) in [6.45, 7) is 6.46. The second-order valence-electron chi connectivity index (χ2n) is 12.6.